The van der Waals surface area contributed by atoms with Crippen LogP contribution in [0.15, 0.2) is 34.3 Å². The number of nitrogens with two attached hydrogens (primary N) is 1. The van der Waals surface area contributed by atoms with Gasteiger partial charge in [0.25, 0.3) is 0 Å². The smallest absolute Gasteiger partial charge is 0.225 e. The molecule has 0 heterocycles. The Kier molecular flexibility index (Phi) is 4.70. The van der Waals surface area contributed by atoms with Gasteiger partial charge in [0.05, 0.1) is 11.3 Å². The van der Waals surface area contributed by atoms with Gasteiger partial charge in [0.1, 0.15) is 0 Å². The third kappa shape index (κ3) is 3.13. The first-order valence-corrected chi connectivity index (χ1v) is 6.39. The normalized spacial score (nSPS) is 17.9. The van der Waals surface area contributed by atoms with Gasteiger partial charge in [0.15, 0.2) is 5.76 Å². The van der Waals surface area contributed by atoms with Gasteiger partial charge < -0.3 is 10.8 Å². The number of hydrogen-bond donors (Lipinski definition) is 2. The Labute approximate surface area is 113 Å². The summed E-state index contributed by atoms with van der Waals surface area (Å²) < 4.78 is 0. The van der Waals surface area contributed by atoms with Crippen molar-refractivity contribution in [1.82, 2.24) is 0 Å². The summed E-state index contributed by atoms with van der Waals surface area (Å²) in [5.74, 6) is -1.60. The van der Waals surface area contributed by atoms with Crippen LogP contribution in [-0.4, -0.2) is 16.7 Å². The van der Waals surface area contributed by atoms with E-state index in [0.29, 0.717) is 6.42 Å². The van der Waals surface area contributed by atoms with E-state index in [4.69, 9.17) is 5.73 Å². The summed E-state index contributed by atoms with van der Waals surface area (Å²) in [6.07, 6.45) is 3.55. The van der Waals surface area contributed by atoms with Crippen LogP contribution < -0.4 is 5.73 Å². The maximum absolute atomic E-state index is 12.1. The van der Waals surface area contributed by atoms with Crippen molar-refractivity contribution in [2.24, 2.45) is 11.7 Å². The van der Waals surface area contributed by atoms with E-state index in [2.05, 4.69) is 6.08 Å². The van der Waals surface area contributed by atoms with Gasteiger partial charge in [0.2, 0.25) is 11.6 Å². The lowest BCUT2D eigenvalue weighted by Gasteiger charge is -2.21. The van der Waals surface area contributed by atoms with Gasteiger partial charge in [-0.2, -0.15) is 0 Å². The molecule has 1 rings (SSSR count). The maximum Gasteiger partial charge on any atom is 0.225 e. The minimum atomic E-state index is -0.541. The molecule has 1 aliphatic carbocycles. The second-order valence-corrected chi connectivity index (χ2v) is 5.22. The first-order chi connectivity index (χ1) is 8.77. The lowest BCUT2D eigenvalue weighted by atomic mass is 9.84. The fourth-order valence-corrected chi connectivity index (χ4v) is 2.07. The van der Waals surface area contributed by atoms with Gasteiger partial charge in [-0.1, -0.05) is 18.6 Å². The SMILES string of the molecule is CC(C)=CCC[C@@H](C)C1=C(O)C(=O)C(C)=C(N)C1=O. The predicted molar refractivity (Wildman–Crippen MR) is 74.4 cm³/mol. The molecule has 104 valence electrons. The van der Waals surface area contributed by atoms with Crippen molar-refractivity contribution >= 4 is 11.6 Å². The van der Waals surface area contributed by atoms with Crippen molar-refractivity contribution in [3.8, 4) is 0 Å². The van der Waals surface area contributed by atoms with Gasteiger partial charge in [-0.25, -0.2) is 0 Å². The number of ketones is 2. The summed E-state index contributed by atoms with van der Waals surface area (Å²) in [6, 6.07) is 0. The minimum Gasteiger partial charge on any atom is -0.504 e. The molecule has 0 spiro atoms. The Hall–Kier alpha value is -1.84. The Balaban J connectivity index is 2.96. The zero-order valence-corrected chi connectivity index (χ0v) is 11.9. The lowest BCUT2D eigenvalue weighted by molar-refractivity contribution is -0.118. The summed E-state index contributed by atoms with van der Waals surface area (Å²) in [5.41, 5.74) is 7.06. The molecule has 0 unspecified atom stereocenters. The number of aliphatic hydroxyl groups excluding tert-OH is 1. The molecule has 0 aliphatic heterocycles. The van der Waals surface area contributed by atoms with E-state index in [1.807, 2.05) is 20.8 Å². The Morgan fingerprint density at radius 2 is 1.89 bits per heavy atom. The monoisotopic (exact) mass is 263 g/mol. The molecule has 4 nitrogen and oxygen atoms in total. The van der Waals surface area contributed by atoms with Crippen molar-refractivity contribution in [2.75, 3.05) is 0 Å². The van der Waals surface area contributed by atoms with Crippen molar-refractivity contribution in [1.29, 1.82) is 0 Å². The summed E-state index contributed by atoms with van der Waals surface area (Å²) in [4.78, 5) is 23.8. The molecule has 0 saturated heterocycles. The van der Waals surface area contributed by atoms with Crippen LogP contribution in [0.2, 0.25) is 0 Å². The summed E-state index contributed by atoms with van der Waals surface area (Å²) in [6.45, 7) is 7.28. The molecule has 0 aromatic carbocycles. The molecule has 3 N–H and O–H groups in total. The van der Waals surface area contributed by atoms with Crippen LogP contribution in [0.25, 0.3) is 0 Å². The second-order valence-electron chi connectivity index (χ2n) is 5.22. The lowest BCUT2D eigenvalue weighted by Crippen LogP contribution is -2.29. The highest BCUT2D eigenvalue weighted by Gasteiger charge is 2.33. The second kappa shape index (κ2) is 5.87. The van der Waals surface area contributed by atoms with Gasteiger partial charge in [-0.05, 0) is 39.5 Å². The molecule has 0 aromatic heterocycles. The Morgan fingerprint density at radius 1 is 1.32 bits per heavy atom. The molecule has 0 radical (unpaired) electrons. The zero-order chi connectivity index (χ0) is 14.7. The fourth-order valence-electron chi connectivity index (χ4n) is 2.07. The average Bonchev–Trinajstić information content (AvgIpc) is 2.34. The van der Waals surface area contributed by atoms with E-state index in [0.717, 1.165) is 6.42 Å². The molecular formula is C15H21NO3. The van der Waals surface area contributed by atoms with Crippen LogP contribution >= 0.6 is 0 Å². The van der Waals surface area contributed by atoms with E-state index in [1.54, 1.807) is 0 Å². The third-order valence-corrected chi connectivity index (χ3v) is 3.35. The molecule has 1 atom stereocenters. The van der Waals surface area contributed by atoms with Gasteiger partial charge in [-0.3, -0.25) is 9.59 Å². The van der Waals surface area contributed by atoms with Gasteiger partial charge in [0, 0.05) is 5.57 Å². The van der Waals surface area contributed by atoms with Gasteiger partial charge in [-0.15, -0.1) is 0 Å². The molecule has 0 saturated carbocycles. The Morgan fingerprint density at radius 3 is 2.42 bits per heavy atom. The number of carbonyl (C=O) groups excluding carboxylic acids is 2. The van der Waals surface area contributed by atoms with Gasteiger partial charge >= 0.3 is 0 Å². The number of hydrogen-bond acceptors (Lipinski definition) is 4. The molecule has 0 bridgehead atoms. The zero-order valence-electron chi connectivity index (χ0n) is 11.9. The molecular weight excluding hydrogens is 242 g/mol. The molecule has 0 aromatic rings. The Bertz CT molecular complexity index is 505. The van der Waals surface area contributed by atoms with Crippen molar-refractivity contribution in [2.45, 2.75) is 40.5 Å². The number of carbonyl (C=O) groups is 2. The van der Waals surface area contributed by atoms with Crippen LogP contribution in [0, 0.1) is 5.92 Å². The maximum atomic E-state index is 12.1. The van der Waals surface area contributed by atoms with Crippen LogP contribution in [0.4, 0.5) is 0 Å². The highest BCUT2D eigenvalue weighted by atomic mass is 16.3. The summed E-state index contributed by atoms with van der Waals surface area (Å²) in [7, 11) is 0. The molecule has 19 heavy (non-hydrogen) atoms. The molecule has 0 amide bonds. The van der Waals surface area contributed by atoms with Crippen molar-refractivity contribution in [3.05, 3.63) is 34.3 Å². The van der Waals surface area contributed by atoms with E-state index in [-0.39, 0.29) is 22.8 Å². The number of allylic oxidation sites excluding steroid dienone is 4. The predicted octanol–water partition coefficient (Wildman–Crippen LogP) is 2.57. The number of rotatable bonds is 4. The number of aliphatic hydroxyl groups is 1. The van der Waals surface area contributed by atoms with E-state index >= 15 is 0 Å². The topological polar surface area (TPSA) is 80.4 Å². The first kappa shape index (κ1) is 15.2. The number of Topliss-reactive ketones (excluding diaryl/α,β-unsaturated/α-hetero) is 2. The molecule has 1 aliphatic rings. The fraction of sp³-hybridized carbons (Fsp3) is 0.467. The highest BCUT2D eigenvalue weighted by Crippen LogP contribution is 2.28. The van der Waals surface area contributed by atoms with Crippen LogP contribution in [-0.2, 0) is 9.59 Å². The van der Waals surface area contributed by atoms with E-state index < -0.39 is 17.3 Å². The largest absolute Gasteiger partial charge is 0.504 e. The van der Waals surface area contributed by atoms with Crippen LogP contribution in [0.3, 0.4) is 0 Å². The van der Waals surface area contributed by atoms with E-state index in [9.17, 15) is 14.7 Å². The highest BCUT2D eigenvalue weighted by molar-refractivity contribution is 6.23. The third-order valence-electron chi connectivity index (χ3n) is 3.35. The average molecular weight is 263 g/mol. The van der Waals surface area contributed by atoms with Crippen LogP contribution in [0.5, 0.6) is 0 Å². The molecule has 4 heteroatoms. The van der Waals surface area contributed by atoms with E-state index in [1.165, 1.54) is 12.5 Å². The standard InChI is InChI=1S/C15H21NO3/c1-8(2)6-5-7-9(3)11-14(18)12(16)10(4)13(17)15(11)19/h6,9,19H,5,7,16H2,1-4H3/t9-/m1/s1. The quantitative estimate of drug-likeness (QED) is 0.603. The molecule has 0 fully saturated rings. The summed E-state index contributed by atoms with van der Waals surface area (Å²) in [5, 5.41) is 9.88. The van der Waals surface area contributed by atoms with Crippen molar-refractivity contribution in [3.63, 3.8) is 0 Å². The van der Waals surface area contributed by atoms with Crippen molar-refractivity contribution < 1.29 is 14.7 Å². The van der Waals surface area contributed by atoms with Crippen LogP contribution in [0.1, 0.15) is 40.5 Å². The first-order valence-electron chi connectivity index (χ1n) is 6.39. The summed E-state index contributed by atoms with van der Waals surface area (Å²) >= 11 is 0. The minimum absolute atomic E-state index is 0.0492.